The lowest BCUT2D eigenvalue weighted by molar-refractivity contribution is -0.115. The summed E-state index contributed by atoms with van der Waals surface area (Å²) in [7, 11) is 1.54. The number of nitrogens with zero attached hydrogens (tertiary/aromatic N) is 3. The molecule has 2 aromatic heterocycles. The van der Waals surface area contributed by atoms with Crippen molar-refractivity contribution in [3.63, 3.8) is 0 Å². The zero-order valence-electron chi connectivity index (χ0n) is 17.2. The summed E-state index contributed by atoms with van der Waals surface area (Å²) in [6, 6.07) is 14.5. The van der Waals surface area contributed by atoms with E-state index in [0.29, 0.717) is 34.0 Å². The van der Waals surface area contributed by atoms with E-state index in [1.54, 1.807) is 29.5 Å². The van der Waals surface area contributed by atoms with Crippen LogP contribution in [0.2, 0.25) is 5.02 Å². The second kappa shape index (κ2) is 10.2. The molecule has 32 heavy (non-hydrogen) atoms. The van der Waals surface area contributed by atoms with Crippen LogP contribution >= 0.6 is 34.7 Å². The third-order valence-corrected chi connectivity index (χ3v) is 6.63. The fourth-order valence-corrected chi connectivity index (χ4v) is 4.72. The number of carbonyl (C=O) groups excluding carboxylic acids is 1. The molecule has 0 radical (unpaired) electrons. The number of anilines is 1. The van der Waals surface area contributed by atoms with Crippen LogP contribution in [0.25, 0.3) is 0 Å². The predicted molar refractivity (Wildman–Crippen MR) is 126 cm³/mol. The first-order valence-electron chi connectivity index (χ1n) is 9.61. The molecule has 4 rings (SSSR count). The molecule has 4 aromatic rings. The van der Waals surface area contributed by atoms with Gasteiger partial charge in [0.15, 0.2) is 0 Å². The molecule has 2 aromatic carbocycles. The van der Waals surface area contributed by atoms with E-state index in [0.717, 1.165) is 16.3 Å². The van der Waals surface area contributed by atoms with Crippen LogP contribution in [0.1, 0.15) is 27.4 Å². The van der Waals surface area contributed by atoms with E-state index in [2.05, 4.69) is 20.5 Å². The molecule has 7 nitrogen and oxygen atoms in total. The van der Waals surface area contributed by atoms with Crippen molar-refractivity contribution in [1.29, 1.82) is 0 Å². The van der Waals surface area contributed by atoms with Gasteiger partial charge in [0, 0.05) is 11.1 Å². The standard InChI is InChI=1S/C22H19ClN4O3S2/c1-13-24-16(12-31-13)11-19-26-27-22(30-19)32-20(14-6-4-3-5-7-14)21(28)25-15-8-9-18(29-2)17(23)10-15/h3-10,12,20H,11H2,1-2H3,(H,25,28). The first-order valence-corrected chi connectivity index (χ1v) is 11.7. The number of amides is 1. The van der Waals surface area contributed by atoms with Gasteiger partial charge >= 0.3 is 0 Å². The number of nitrogens with one attached hydrogen (secondary N) is 1. The molecule has 1 amide bonds. The van der Waals surface area contributed by atoms with Crippen LogP contribution in [-0.4, -0.2) is 28.2 Å². The molecular formula is C22H19ClN4O3S2. The maximum absolute atomic E-state index is 13.2. The maximum atomic E-state index is 13.2. The Morgan fingerprint density at radius 3 is 2.75 bits per heavy atom. The minimum Gasteiger partial charge on any atom is -0.495 e. The van der Waals surface area contributed by atoms with Crippen molar-refractivity contribution in [2.75, 3.05) is 12.4 Å². The quantitative estimate of drug-likeness (QED) is 0.326. The normalized spacial score (nSPS) is 11.8. The maximum Gasteiger partial charge on any atom is 0.277 e. The summed E-state index contributed by atoms with van der Waals surface area (Å²) in [4.78, 5) is 17.6. The Labute approximate surface area is 198 Å². The zero-order chi connectivity index (χ0) is 22.5. The molecule has 1 atom stereocenters. The number of benzene rings is 2. The molecule has 0 aliphatic rings. The first-order chi connectivity index (χ1) is 15.5. The molecule has 0 aliphatic heterocycles. The predicted octanol–water partition coefficient (Wildman–Crippen LogP) is 5.56. The fourth-order valence-electron chi connectivity index (χ4n) is 2.96. The molecule has 0 spiro atoms. The average molecular weight is 487 g/mol. The van der Waals surface area contributed by atoms with Gasteiger partial charge in [0.05, 0.1) is 29.3 Å². The van der Waals surface area contributed by atoms with E-state index >= 15 is 0 Å². The molecule has 0 fully saturated rings. The molecule has 164 valence electrons. The van der Waals surface area contributed by atoms with E-state index in [1.165, 1.54) is 18.9 Å². The van der Waals surface area contributed by atoms with Crippen LogP contribution in [0.5, 0.6) is 5.75 Å². The van der Waals surface area contributed by atoms with Gasteiger partial charge in [0.2, 0.25) is 11.8 Å². The third-order valence-electron chi connectivity index (χ3n) is 4.43. The first kappa shape index (κ1) is 22.3. The molecule has 0 aliphatic carbocycles. The Bertz CT molecular complexity index is 1210. The molecular weight excluding hydrogens is 468 g/mol. The molecule has 2 heterocycles. The second-order valence-electron chi connectivity index (χ2n) is 6.74. The van der Waals surface area contributed by atoms with Gasteiger partial charge in [-0.15, -0.1) is 21.5 Å². The number of hydrogen-bond donors (Lipinski definition) is 1. The van der Waals surface area contributed by atoms with Crippen molar-refractivity contribution in [3.05, 3.63) is 81.1 Å². The Morgan fingerprint density at radius 1 is 1.25 bits per heavy atom. The number of thioether (sulfide) groups is 1. The summed E-state index contributed by atoms with van der Waals surface area (Å²) < 4.78 is 11.0. The molecule has 0 bridgehead atoms. The van der Waals surface area contributed by atoms with Gasteiger partial charge in [-0.25, -0.2) is 4.98 Å². The molecule has 10 heteroatoms. The van der Waals surface area contributed by atoms with E-state index in [4.69, 9.17) is 20.8 Å². The van der Waals surface area contributed by atoms with Gasteiger partial charge in [-0.05, 0) is 42.4 Å². The molecule has 1 N–H and O–H groups in total. The smallest absolute Gasteiger partial charge is 0.277 e. The Morgan fingerprint density at radius 2 is 2.06 bits per heavy atom. The third kappa shape index (κ3) is 5.48. The van der Waals surface area contributed by atoms with Gasteiger partial charge in [0.25, 0.3) is 5.22 Å². The van der Waals surface area contributed by atoms with Crippen molar-refractivity contribution in [3.8, 4) is 5.75 Å². The highest BCUT2D eigenvalue weighted by atomic mass is 35.5. The number of halogens is 1. The Balaban J connectivity index is 1.52. The summed E-state index contributed by atoms with van der Waals surface area (Å²) >= 11 is 8.95. The lowest BCUT2D eigenvalue weighted by Crippen LogP contribution is -2.19. The topological polar surface area (TPSA) is 90.1 Å². The number of rotatable bonds is 8. The number of thiazole rings is 1. The van der Waals surface area contributed by atoms with Crippen LogP contribution in [-0.2, 0) is 11.2 Å². The lowest BCUT2D eigenvalue weighted by atomic mass is 10.1. The number of aromatic nitrogens is 3. The van der Waals surface area contributed by atoms with E-state index in [9.17, 15) is 4.79 Å². The van der Waals surface area contributed by atoms with Gasteiger partial charge in [-0.1, -0.05) is 41.9 Å². The van der Waals surface area contributed by atoms with Crippen LogP contribution in [0, 0.1) is 6.92 Å². The van der Waals surface area contributed by atoms with Gasteiger partial charge in [-0.3, -0.25) is 4.79 Å². The highest BCUT2D eigenvalue weighted by Gasteiger charge is 2.25. The number of carbonyl (C=O) groups is 1. The minimum atomic E-state index is -0.605. The molecule has 0 saturated carbocycles. The highest BCUT2D eigenvalue weighted by Crippen LogP contribution is 2.36. The number of aryl methyl sites for hydroxylation is 1. The lowest BCUT2D eigenvalue weighted by Gasteiger charge is -2.15. The van der Waals surface area contributed by atoms with E-state index < -0.39 is 5.25 Å². The largest absolute Gasteiger partial charge is 0.495 e. The van der Waals surface area contributed by atoms with Crippen LogP contribution in [0.15, 0.2) is 63.6 Å². The number of ether oxygens (including phenoxy) is 1. The van der Waals surface area contributed by atoms with Crippen molar-refractivity contribution < 1.29 is 13.9 Å². The second-order valence-corrected chi connectivity index (χ2v) is 9.27. The van der Waals surface area contributed by atoms with Gasteiger partial charge in [-0.2, -0.15) is 0 Å². The average Bonchev–Trinajstić information content (AvgIpc) is 3.41. The fraction of sp³-hybridized carbons (Fsp3) is 0.182. The highest BCUT2D eigenvalue weighted by molar-refractivity contribution is 8.00. The van der Waals surface area contributed by atoms with E-state index in [1.807, 2.05) is 42.6 Å². The van der Waals surface area contributed by atoms with Crippen LogP contribution in [0.4, 0.5) is 5.69 Å². The zero-order valence-corrected chi connectivity index (χ0v) is 19.6. The number of hydrogen-bond acceptors (Lipinski definition) is 8. The molecule has 1 unspecified atom stereocenters. The summed E-state index contributed by atoms with van der Waals surface area (Å²) in [5.41, 5.74) is 2.25. The van der Waals surface area contributed by atoms with Crippen molar-refractivity contribution in [1.82, 2.24) is 15.2 Å². The van der Waals surface area contributed by atoms with Gasteiger partial charge < -0.3 is 14.5 Å². The van der Waals surface area contributed by atoms with Crippen molar-refractivity contribution in [2.45, 2.75) is 23.8 Å². The number of methoxy groups -OCH3 is 1. The summed E-state index contributed by atoms with van der Waals surface area (Å²) in [5, 5.41) is 14.2. The van der Waals surface area contributed by atoms with E-state index in [-0.39, 0.29) is 5.91 Å². The molecule has 0 saturated heterocycles. The van der Waals surface area contributed by atoms with Gasteiger partial charge in [0.1, 0.15) is 11.0 Å². The summed E-state index contributed by atoms with van der Waals surface area (Å²) in [5.74, 6) is 0.747. The van der Waals surface area contributed by atoms with Crippen LogP contribution < -0.4 is 10.1 Å². The van der Waals surface area contributed by atoms with Crippen molar-refractivity contribution in [2.24, 2.45) is 0 Å². The Kier molecular flexibility index (Phi) is 7.09. The summed E-state index contributed by atoms with van der Waals surface area (Å²) in [6.45, 7) is 1.95. The minimum absolute atomic E-state index is 0.239. The Hall–Kier alpha value is -2.88. The monoisotopic (exact) mass is 486 g/mol. The SMILES string of the molecule is COc1ccc(NC(=O)C(Sc2nnc(Cc3csc(C)n3)o2)c2ccccc2)cc1Cl. The van der Waals surface area contributed by atoms with Crippen LogP contribution in [0.3, 0.4) is 0 Å². The summed E-state index contributed by atoms with van der Waals surface area (Å²) in [6.07, 6.45) is 0.449. The van der Waals surface area contributed by atoms with Crippen molar-refractivity contribution >= 4 is 46.3 Å².